The highest BCUT2D eigenvalue weighted by Gasteiger charge is 2.17. The standard InChI is InChI=1S/C13H18O4S/c1-3-16-11(13(14)15)8-9-17-10-6-4-5-7-12(10)18-2/h4-7,11H,3,8-9H2,1-2H3,(H,14,15). The second-order valence-corrected chi connectivity index (χ2v) is 4.42. The summed E-state index contributed by atoms with van der Waals surface area (Å²) in [6.45, 7) is 2.49. The number of carboxylic acid groups (broad SMARTS) is 1. The van der Waals surface area contributed by atoms with Crippen molar-refractivity contribution in [2.24, 2.45) is 0 Å². The quantitative estimate of drug-likeness (QED) is 0.736. The Morgan fingerprint density at radius 1 is 1.44 bits per heavy atom. The minimum Gasteiger partial charge on any atom is -0.492 e. The first-order valence-corrected chi connectivity index (χ1v) is 7.01. The molecule has 4 nitrogen and oxygen atoms in total. The van der Waals surface area contributed by atoms with Gasteiger partial charge in [-0.25, -0.2) is 4.79 Å². The lowest BCUT2D eigenvalue weighted by Crippen LogP contribution is -2.26. The minimum atomic E-state index is -0.946. The summed E-state index contributed by atoms with van der Waals surface area (Å²) in [5.41, 5.74) is 0. The molecule has 1 unspecified atom stereocenters. The van der Waals surface area contributed by atoms with Crippen LogP contribution in [0.2, 0.25) is 0 Å². The summed E-state index contributed by atoms with van der Waals surface area (Å²) in [4.78, 5) is 11.9. The maximum absolute atomic E-state index is 10.9. The smallest absolute Gasteiger partial charge is 0.332 e. The highest BCUT2D eigenvalue weighted by atomic mass is 32.2. The van der Waals surface area contributed by atoms with Gasteiger partial charge in [0.25, 0.3) is 0 Å². The van der Waals surface area contributed by atoms with Crippen molar-refractivity contribution in [3.63, 3.8) is 0 Å². The van der Waals surface area contributed by atoms with Crippen molar-refractivity contribution in [1.82, 2.24) is 0 Å². The molecule has 0 radical (unpaired) electrons. The number of ether oxygens (including phenoxy) is 2. The van der Waals surface area contributed by atoms with E-state index in [0.29, 0.717) is 19.6 Å². The van der Waals surface area contributed by atoms with E-state index in [4.69, 9.17) is 14.6 Å². The van der Waals surface area contributed by atoms with Crippen LogP contribution in [0.3, 0.4) is 0 Å². The van der Waals surface area contributed by atoms with Gasteiger partial charge < -0.3 is 14.6 Å². The van der Waals surface area contributed by atoms with E-state index in [9.17, 15) is 4.79 Å². The number of rotatable bonds is 8. The van der Waals surface area contributed by atoms with Crippen molar-refractivity contribution >= 4 is 17.7 Å². The molecule has 0 aliphatic carbocycles. The Labute approximate surface area is 111 Å². The van der Waals surface area contributed by atoms with Crippen LogP contribution >= 0.6 is 11.8 Å². The first-order valence-electron chi connectivity index (χ1n) is 5.79. The van der Waals surface area contributed by atoms with Crippen molar-refractivity contribution in [3.8, 4) is 5.75 Å². The number of benzene rings is 1. The lowest BCUT2D eigenvalue weighted by Gasteiger charge is -2.14. The summed E-state index contributed by atoms with van der Waals surface area (Å²) in [5, 5.41) is 8.92. The van der Waals surface area contributed by atoms with Crippen LogP contribution in [0.15, 0.2) is 29.2 Å². The molecular formula is C13H18O4S. The zero-order valence-corrected chi connectivity index (χ0v) is 11.4. The number of carbonyl (C=O) groups is 1. The summed E-state index contributed by atoms with van der Waals surface area (Å²) in [6.07, 6.45) is 1.52. The van der Waals surface area contributed by atoms with Crippen molar-refractivity contribution in [1.29, 1.82) is 0 Å². The van der Waals surface area contributed by atoms with Crippen LogP contribution in [0.4, 0.5) is 0 Å². The third-order valence-electron chi connectivity index (χ3n) is 2.35. The molecule has 1 aromatic rings. The van der Waals surface area contributed by atoms with Crippen LogP contribution in [0.25, 0.3) is 0 Å². The fraction of sp³-hybridized carbons (Fsp3) is 0.462. The summed E-state index contributed by atoms with van der Waals surface area (Å²) in [6, 6.07) is 7.69. The molecule has 0 aromatic heterocycles. The van der Waals surface area contributed by atoms with Gasteiger partial charge in [-0.3, -0.25) is 0 Å². The Kier molecular flexibility index (Phi) is 6.60. The number of hydrogen-bond donors (Lipinski definition) is 1. The van der Waals surface area contributed by atoms with Gasteiger partial charge in [-0.1, -0.05) is 12.1 Å². The van der Waals surface area contributed by atoms with Gasteiger partial charge in [0.2, 0.25) is 0 Å². The molecule has 5 heteroatoms. The fourth-order valence-electron chi connectivity index (χ4n) is 1.49. The third kappa shape index (κ3) is 4.58. The molecule has 1 aromatic carbocycles. The van der Waals surface area contributed by atoms with Crippen LogP contribution in [-0.2, 0) is 9.53 Å². The molecule has 0 aliphatic heterocycles. The topological polar surface area (TPSA) is 55.8 Å². The van der Waals surface area contributed by atoms with Crippen molar-refractivity contribution in [2.75, 3.05) is 19.5 Å². The van der Waals surface area contributed by atoms with Gasteiger partial charge in [-0.15, -0.1) is 11.8 Å². The second-order valence-electron chi connectivity index (χ2n) is 3.57. The lowest BCUT2D eigenvalue weighted by atomic mass is 10.2. The molecule has 0 spiro atoms. The molecule has 18 heavy (non-hydrogen) atoms. The monoisotopic (exact) mass is 270 g/mol. The fourth-order valence-corrected chi connectivity index (χ4v) is 2.04. The zero-order chi connectivity index (χ0) is 13.4. The number of carboxylic acids is 1. The van der Waals surface area contributed by atoms with Crippen LogP contribution in [0.1, 0.15) is 13.3 Å². The van der Waals surface area contributed by atoms with E-state index in [1.807, 2.05) is 30.5 Å². The maximum Gasteiger partial charge on any atom is 0.332 e. The van der Waals surface area contributed by atoms with Crippen LogP contribution in [0.5, 0.6) is 5.75 Å². The molecule has 1 atom stereocenters. The van der Waals surface area contributed by atoms with E-state index >= 15 is 0 Å². The van der Waals surface area contributed by atoms with Crippen LogP contribution in [0, 0.1) is 0 Å². The first-order chi connectivity index (χ1) is 8.69. The Morgan fingerprint density at radius 3 is 2.78 bits per heavy atom. The molecule has 1 N–H and O–H groups in total. The Morgan fingerprint density at radius 2 is 2.17 bits per heavy atom. The van der Waals surface area contributed by atoms with Gasteiger partial charge >= 0.3 is 5.97 Å². The predicted molar refractivity (Wildman–Crippen MR) is 71.4 cm³/mol. The molecule has 1 rings (SSSR count). The van der Waals surface area contributed by atoms with Gasteiger partial charge in [0, 0.05) is 17.9 Å². The van der Waals surface area contributed by atoms with E-state index < -0.39 is 12.1 Å². The van der Waals surface area contributed by atoms with Crippen LogP contribution in [-0.4, -0.2) is 36.6 Å². The molecule has 0 aliphatic rings. The van der Waals surface area contributed by atoms with Crippen LogP contribution < -0.4 is 4.74 Å². The summed E-state index contributed by atoms with van der Waals surface area (Å²) < 4.78 is 10.7. The van der Waals surface area contributed by atoms with E-state index in [2.05, 4.69) is 0 Å². The Bertz CT molecular complexity index is 381. The SMILES string of the molecule is CCOC(CCOc1ccccc1SC)C(=O)O. The number of hydrogen-bond acceptors (Lipinski definition) is 4. The van der Waals surface area contributed by atoms with Gasteiger partial charge in [-0.2, -0.15) is 0 Å². The highest BCUT2D eigenvalue weighted by molar-refractivity contribution is 7.98. The summed E-state index contributed by atoms with van der Waals surface area (Å²) >= 11 is 1.60. The van der Waals surface area contributed by atoms with E-state index in [0.717, 1.165) is 10.6 Å². The zero-order valence-electron chi connectivity index (χ0n) is 10.6. The van der Waals surface area contributed by atoms with Gasteiger partial charge in [-0.05, 0) is 25.3 Å². The number of para-hydroxylation sites is 1. The summed E-state index contributed by atoms with van der Waals surface area (Å²) in [7, 11) is 0. The summed E-state index contributed by atoms with van der Waals surface area (Å²) in [5.74, 6) is -0.163. The number of aliphatic carboxylic acids is 1. The van der Waals surface area contributed by atoms with Gasteiger partial charge in [0.15, 0.2) is 6.10 Å². The van der Waals surface area contributed by atoms with Gasteiger partial charge in [0.1, 0.15) is 5.75 Å². The predicted octanol–water partition coefficient (Wildman–Crippen LogP) is 2.67. The molecule has 0 heterocycles. The van der Waals surface area contributed by atoms with Crippen molar-refractivity contribution in [2.45, 2.75) is 24.3 Å². The normalized spacial score (nSPS) is 12.1. The molecule has 0 bridgehead atoms. The van der Waals surface area contributed by atoms with Crippen molar-refractivity contribution < 1.29 is 19.4 Å². The lowest BCUT2D eigenvalue weighted by molar-refractivity contribution is -0.150. The van der Waals surface area contributed by atoms with E-state index in [-0.39, 0.29) is 0 Å². The molecule has 0 amide bonds. The van der Waals surface area contributed by atoms with Gasteiger partial charge in [0.05, 0.1) is 6.61 Å². The average molecular weight is 270 g/mol. The Balaban J connectivity index is 2.47. The Hall–Kier alpha value is -1.20. The van der Waals surface area contributed by atoms with E-state index in [1.54, 1.807) is 18.7 Å². The molecular weight excluding hydrogens is 252 g/mol. The second kappa shape index (κ2) is 8.00. The largest absolute Gasteiger partial charge is 0.492 e. The number of thioether (sulfide) groups is 1. The first kappa shape index (κ1) is 14.9. The van der Waals surface area contributed by atoms with Crippen molar-refractivity contribution in [3.05, 3.63) is 24.3 Å². The molecule has 0 saturated carbocycles. The third-order valence-corrected chi connectivity index (χ3v) is 3.13. The average Bonchev–Trinajstić information content (AvgIpc) is 2.38. The molecule has 100 valence electrons. The molecule has 0 saturated heterocycles. The maximum atomic E-state index is 10.9. The highest BCUT2D eigenvalue weighted by Crippen LogP contribution is 2.26. The molecule has 0 fully saturated rings. The van der Waals surface area contributed by atoms with E-state index in [1.165, 1.54) is 0 Å². The minimum absolute atomic E-state index is 0.328.